The Balaban J connectivity index is 1.63. The second-order valence-electron chi connectivity index (χ2n) is 6.46. The van der Waals surface area contributed by atoms with Crippen LogP contribution in [0.2, 0.25) is 0 Å². The van der Waals surface area contributed by atoms with Gasteiger partial charge < -0.3 is 15.0 Å². The molecule has 2 saturated heterocycles. The van der Waals surface area contributed by atoms with Crippen LogP contribution in [0.25, 0.3) is 0 Å². The highest BCUT2D eigenvalue weighted by molar-refractivity contribution is 8.01. The predicted molar refractivity (Wildman–Crippen MR) is 91.3 cm³/mol. The molecular formula is C17H18F2N2O4S. The lowest BCUT2D eigenvalue weighted by molar-refractivity contribution is -0.160. The average Bonchev–Trinajstić information content (AvgIpc) is 3.07. The van der Waals surface area contributed by atoms with E-state index in [2.05, 4.69) is 5.32 Å². The Hall–Kier alpha value is -2.16. The molecule has 1 aromatic carbocycles. The van der Waals surface area contributed by atoms with Crippen LogP contribution >= 0.6 is 11.8 Å². The predicted octanol–water partition coefficient (Wildman–Crippen LogP) is 2.29. The second kappa shape index (κ2) is 6.86. The number of benzene rings is 1. The molecule has 2 fully saturated rings. The number of anilines is 1. The molecule has 1 N–H and O–H groups in total. The van der Waals surface area contributed by atoms with Gasteiger partial charge in [-0.15, -0.1) is 11.8 Å². The van der Waals surface area contributed by atoms with Crippen molar-refractivity contribution in [3.05, 3.63) is 29.8 Å². The Kier molecular flexibility index (Phi) is 4.92. The standard InChI is InChI=1S/C17H18F2N2O4S/c1-9(15(23)20-12-7-10(18)3-4-11(12)19)25-16(24)13-8-26-17(2)6-5-14(22)21(13)17/h3-4,7,9,13H,5-6,8H2,1-2H3,(H,20,23)/t9-,13-,17-/m0/s1. The van der Waals surface area contributed by atoms with Crippen molar-refractivity contribution in [2.45, 2.75) is 43.7 Å². The van der Waals surface area contributed by atoms with E-state index >= 15 is 0 Å². The molecule has 2 aliphatic heterocycles. The minimum Gasteiger partial charge on any atom is -0.451 e. The summed E-state index contributed by atoms with van der Waals surface area (Å²) in [5.74, 6) is -2.69. The smallest absolute Gasteiger partial charge is 0.330 e. The summed E-state index contributed by atoms with van der Waals surface area (Å²) in [7, 11) is 0. The summed E-state index contributed by atoms with van der Waals surface area (Å²) in [4.78, 5) is 37.7. The molecule has 0 radical (unpaired) electrons. The van der Waals surface area contributed by atoms with Crippen LogP contribution in [0.4, 0.5) is 14.5 Å². The molecule has 0 spiro atoms. The number of esters is 1. The molecule has 0 aromatic heterocycles. The van der Waals surface area contributed by atoms with E-state index in [1.807, 2.05) is 6.92 Å². The fourth-order valence-electron chi connectivity index (χ4n) is 3.13. The number of nitrogens with one attached hydrogen (secondary N) is 1. The van der Waals surface area contributed by atoms with Crippen LogP contribution < -0.4 is 5.32 Å². The van der Waals surface area contributed by atoms with Gasteiger partial charge in [0.15, 0.2) is 6.10 Å². The van der Waals surface area contributed by atoms with Crippen molar-refractivity contribution in [2.75, 3.05) is 11.1 Å². The van der Waals surface area contributed by atoms with Crippen molar-refractivity contribution in [3.63, 3.8) is 0 Å². The normalized spacial score (nSPS) is 25.8. The third kappa shape index (κ3) is 3.40. The van der Waals surface area contributed by atoms with Crippen molar-refractivity contribution in [1.29, 1.82) is 0 Å². The van der Waals surface area contributed by atoms with Gasteiger partial charge in [0.1, 0.15) is 17.7 Å². The van der Waals surface area contributed by atoms with Crippen molar-refractivity contribution in [2.24, 2.45) is 0 Å². The van der Waals surface area contributed by atoms with Gasteiger partial charge in [-0.2, -0.15) is 0 Å². The van der Waals surface area contributed by atoms with Crippen molar-refractivity contribution in [3.8, 4) is 0 Å². The number of thioether (sulfide) groups is 1. The number of fused-ring (bicyclic) bond motifs is 1. The molecule has 140 valence electrons. The maximum atomic E-state index is 13.6. The number of carbonyl (C=O) groups is 3. The highest BCUT2D eigenvalue weighted by Crippen LogP contribution is 2.47. The molecule has 9 heteroatoms. The van der Waals surface area contributed by atoms with Gasteiger partial charge in [0.2, 0.25) is 5.91 Å². The number of carbonyl (C=O) groups excluding carboxylic acids is 3. The molecule has 1 aromatic rings. The molecule has 0 bridgehead atoms. The fraction of sp³-hybridized carbons (Fsp3) is 0.471. The first-order chi connectivity index (χ1) is 12.2. The minimum absolute atomic E-state index is 0.113. The lowest BCUT2D eigenvalue weighted by Gasteiger charge is -2.29. The second-order valence-corrected chi connectivity index (χ2v) is 7.96. The van der Waals surface area contributed by atoms with Gasteiger partial charge >= 0.3 is 5.97 Å². The number of halogens is 2. The summed E-state index contributed by atoms with van der Waals surface area (Å²) in [6, 6.07) is 1.90. The average molecular weight is 384 g/mol. The highest BCUT2D eigenvalue weighted by Gasteiger charge is 2.53. The zero-order chi connectivity index (χ0) is 19.1. The van der Waals surface area contributed by atoms with Gasteiger partial charge in [-0.05, 0) is 32.4 Å². The highest BCUT2D eigenvalue weighted by atomic mass is 32.2. The van der Waals surface area contributed by atoms with E-state index in [0.29, 0.717) is 18.6 Å². The van der Waals surface area contributed by atoms with Crippen LogP contribution in [0.3, 0.4) is 0 Å². The molecule has 6 nitrogen and oxygen atoms in total. The molecule has 26 heavy (non-hydrogen) atoms. The fourth-order valence-corrected chi connectivity index (χ4v) is 4.55. The largest absolute Gasteiger partial charge is 0.451 e. The number of hydrogen-bond acceptors (Lipinski definition) is 5. The maximum Gasteiger partial charge on any atom is 0.330 e. The number of nitrogens with zero attached hydrogens (tertiary/aromatic N) is 1. The van der Waals surface area contributed by atoms with Crippen LogP contribution in [0, 0.1) is 11.6 Å². The molecule has 3 atom stereocenters. The summed E-state index contributed by atoms with van der Waals surface area (Å²) in [6.07, 6.45) is -0.183. The van der Waals surface area contributed by atoms with Crippen LogP contribution in [-0.2, 0) is 19.1 Å². The molecular weight excluding hydrogens is 366 g/mol. The number of ether oxygens (including phenoxy) is 1. The SMILES string of the molecule is C[C@H](OC(=O)[C@@H]1CS[C@@]2(C)CCC(=O)N12)C(=O)Nc1cc(F)ccc1F. The molecule has 2 amide bonds. The maximum absolute atomic E-state index is 13.6. The summed E-state index contributed by atoms with van der Waals surface area (Å²) < 4.78 is 31.9. The third-order valence-electron chi connectivity index (χ3n) is 4.57. The monoisotopic (exact) mass is 384 g/mol. The first kappa shape index (κ1) is 18.6. The zero-order valence-corrected chi connectivity index (χ0v) is 15.1. The summed E-state index contributed by atoms with van der Waals surface area (Å²) >= 11 is 1.51. The number of rotatable bonds is 4. The Morgan fingerprint density at radius 2 is 2.15 bits per heavy atom. The van der Waals surface area contributed by atoms with Crippen LogP contribution in [0.5, 0.6) is 0 Å². The van der Waals surface area contributed by atoms with Gasteiger partial charge in [-0.1, -0.05) is 0 Å². The van der Waals surface area contributed by atoms with E-state index in [9.17, 15) is 23.2 Å². The number of hydrogen-bond donors (Lipinski definition) is 1. The van der Waals surface area contributed by atoms with Gasteiger partial charge in [-0.25, -0.2) is 13.6 Å². The van der Waals surface area contributed by atoms with Gasteiger partial charge in [0, 0.05) is 18.2 Å². The molecule has 0 aliphatic carbocycles. The molecule has 0 saturated carbocycles. The van der Waals surface area contributed by atoms with E-state index < -0.39 is 40.5 Å². The summed E-state index contributed by atoms with van der Waals surface area (Å²) in [6.45, 7) is 3.23. The van der Waals surface area contributed by atoms with Gasteiger partial charge in [0.05, 0.1) is 10.6 Å². The summed E-state index contributed by atoms with van der Waals surface area (Å²) in [5, 5.41) is 2.19. The first-order valence-corrected chi connectivity index (χ1v) is 9.12. The van der Waals surface area contributed by atoms with Gasteiger partial charge in [-0.3, -0.25) is 9.59 Å². The Bertz CT molecular complexity index is 775. The Morgan fingerprint density at radius 3 is 2.88 bits per heavy atom. The summed E-state index contributed by atoms with van der Waals surface area (Å²) in [5.41, 5.74) is -0.336. The van der Waals surface area contributed by atoms with E-state index in [0.717, 1.165) is 18.2 Å². The lowest BCUT2D eigenvalue weighted by Crippen LogP contribution is -2.48. The Labute approximate surface area is 153 Å². The van der Waals surface area contributed by atoms with Crippen LogP contribution in [-0.4, -0.2) is 45.5 Å². The lowest BCUT2D eigenvalue weighted by atomic mass is 10.2. The molecule has 2 aliphatic rings. The van der Waals surface area contributed by atoms with Crippen molar-refractivity contribution >= 4 is 35.2 Å². The van der Waals surface area contributed by atoms with Crippen molar-refractivity contribution in [1.82, 2.24) is 4.90 Å². The third-order valence-corrected chi connectivity index (χ3v) is 6.07. The van der Waals surface area contributed by atoms with Crippen LogP contribution in [0.1, 0.15) is 26.7 Å². The Morgan fingerprint density at radius 1 is 1.42 bits per heavy atom. The molecule has 2 heterocycles. The minimum atomic E-state index is -1.22. The number of amides is 2. The van der Waals surface area contributed by atoms with E-state index in [4.69, 9.17) is 4.74 Å². The quantitative estimate of drug-likeness (QED) is 0.806. The molecule has 0 unspecified atom stereocenters. The van der Waals surface area contributed by atoms with Gasteiger partial charge in [0.25, 0.3) is 5.91 Å². The molecule has 3 rings (SSSR count). The topological polar surface area (TPSA) is 75.7 Å². The van der Waals surface area contributed by atoms with E-state index in [-0.39, 0.29) is 11.6 Å². The van der Waals surface area contributed by atoms with Crippen LogP contribution in [0.15, 0.2) is 18.2 Å². The van der Waals surface area contributed by atoms with E-state index in [1.54, 1.807) is 0 Å². The van der Waals surface area contributed by atoms with Crippen molar-refractivity contribution < 1.29 is 27.9 Å². The van der Waals surface area contributed by atoms with E-state index in [1.165, 1.54) is 23.6 Å². The first-order valence-electron chi connectivity index (χ1n) is 8.14. The zero-order valence-electron chi connectivity index (χ0n) is 14.3.